The molecule has 2 N–H and O–H groups in total. The Bertz CT molecular complexity index is 609. The second kappa shape index (κ2) is 6.33. The molecule has 0 aromatic carbocycles. The first-order valence-electron chi connectivity index (χ1n) is 6.45. The minimum Gasteiger partial charge on any atom is -0.462 e. The molecule has 20 heavy (non-hydrogen) atoms. The standard InChI is InChI=1S/C13H18N4O3/c1-3-20-12(18)9-7-10-11(15-8-9)17(13(14)16-10)5-4-6-19-2/h7-8H,3-6H2,1-2H3,(H2,14,16). The Morgan fingerprint density at radius 3 is 3.00 bits per heavy atom. The number of hydrogen-bond donors (Lipinski definition) is 1. The molecule has 0 spiro atoms. The summed E-state index contributed by atoms with van der Waals surface area (Å²) in [4.78, 5) is 20.1. The van der Waals surface area contributed by atoms with Crippen LogP contribution >= 0.6 is 0 Å². The second-order valence-corrected chi connectivity index (χ2v) is 4.26. The number of nitrogens with two attached hydrogens (primary N) is 1. The number of carbonyl (C=O) groups excluding carboxylic acids is 1. The number of imidazole rings is 1. The van der Waals surface area contributed by atoms with E-state index in [1.165, 1.54) is 6.20 Å². The number of hydrogen-bond acceptors (Lipinski definition) is 6. The van der Waals surface area contributed by atoms with Gasteiger partial charge in [-0.2, -0.15) is 0 Å². The molecule has 0 aliphatic rings. The minimum absolute atomic E-state index is 0.324. The van der Waals surface area contributed by atoms with Crippen LogP contribution in [0, 0.1) is 0 Å². The predicted molar refractivity (Wildman–Crippen MR) is 74.4 cm³/mol. The highest BCUT2D eigenvalue weighted by Crippen LogP contribution is 2.17. The summed E-state index contributed by atoms with van der Waals surface area (Å²) in [6, 6.07) is 1.64. The molecule has 7 heteroatoms. The monoisotopic (exact) mass is 278 g/mol. The molecule has 0 aliphatic heterocycles. The average Bonchev–Trinajstić information content (AvgIpc) is 2.74. The van der Waals surface area contributed by atoms with Crippen LogP contribution in [0.2, 0.25) is 0 Å². The van der Waals surface area contributed by atoms with Crippen LogP contribution < -0.4 is 5.73 Å². The van der Waals surface area contributed by atoms with Gasteiger partial charge in [0.25, 0.3) is 0 Å². The molecule has 0 saturated carbocycles. The van der Waals surface area contributed by atoms with E-state index in [9.17, 15) is 4.79 Å². The third-order valence-electron chi connectivity index (χ3n) is 2.86. The third kappa shape index (κ3) is 2.88. The van der Waals surface area contributed by atoms with Gasteiger partial charge in [-0.25, -0.2) is 14.8 Å². The summed E-state index contributed by atoms with van der Waals surface area (Å²) in [5, 5.41) is 0. The average molecular weight is 278 g/mol. The van der Waals surface area contributed by atoms with E-state index in [0.29, 0.717) is 42.4 Å². The quantitative estimate of drug-likeness (QED) is 0.631. The van der Waals surface area contributed by atoms with E-state index in [1.54, 1.807) is 20.1 Å². The number of esters is 1. The molecule has 0 amide bonds. The smallest absolute Gasteiger partial charge is 0.339 e. The SMILES string of the molecule is CCOC(=O)c1cnc2c(c1)nc(N)n2CCCOC. The molecule has 0 atom stereocenters. The van der Waals surface area contributed by atoms with Crippen molar-refractivity contribution in [2.24, 2.45) is 0 Å². The number of nitrogen functional groups attached to an aromatic ring is 1. The molecular formula is C13H18N4O3. The van der Waals surface area contributed by atoms with Crippen LogP contribution in [0.15, 0.2) is 12.3 Å². The number of anilines is 1. The molecule has 2 heterocycles. The van der Waals surface area contributed by atoms with Crippen LogP contribution in [0.25, 0.3) is 11.2 Å². The van der Waals surface area contributed by atoms with Crippen molar-refractivity contribution in [3.8, 4) is 0 Å². The Morgan fingerprint density at radius 2 is 2.30 bits per heavy atom. The summed E-state index contributed by atoms with van der Waals surface area (Å²) in [6.07, 6.45) is 2.29. The first-order valence-corrected chi connectivity index (χ1v) is 6.45. The predicted octanol–water partition coefficient (Wildman–Crippen LogP) is 1.23. The molecule has 0 saturated heterocycles. The molecule has 0 bridgehead atoms. The highest BCUT2D eigenvalue weighted by atomic mass is 16.5. The van der Waals surface area contributed by atoms with Gasteiger partial charge in [0.2, 0.25) is 5.95 Å². The topological polar surface area (TPSA) is 92.3 Å². The number of rotatable bonds is 6. The van der Waals surface area contributed by atoms with Gasteiger partial charge in [-0.15, -0.1) is 0 Å². The number of pyridine rings is 1. The molecule has 0 radical (unpaired) electrons. The van der Waals surface area contributed by atoms with E-state index in [1.807, 2.05) is 4.57 Å². The van der Waals surface area contributed by atoms with Gasteiger partial charge in [0, 0.05) is 26.5 Å². The van der Waals surface area contributed by atoms with Gasteiger partial charge in [-0.05, 0) is 19.4 Å². The summed E-state index contributed by atoms with van der Waals surface area (Å²) in [7, 11) is 1.65. The number of aryl methyl sites for hydroxylation is 1. The molecule has 7 nitrogen and oxygen atoms in total. The Labute approximate surface area is 116 Å². The first kappa shape index (κ1) is 14.3. The number of methoxy groups -OCH3 is 1. The van der Waals surface area contributed by atoms with Crippen molar-refractivity contribution in [1.29, 1.82) is 0 Å². The van der Waals surface area contributed by atoms with E-state index >= 15 is 0 Å². The van der Waals surface area contributed by atoms with E-state index < -0.39 is 5.97 Å². The fraction of sp³-hybridized carbons (Fsp3) is 0.462. The van der Waals surface area contributed by atoms with Crippen LogP contribution in [-0.4, -0.2) is 40.8 Å². The zero-order valence-electron chi connectivity index (χ0n) is 11.6. The molecule has 2 aromatic rings. The van der Waals surface area contributed by atoms with Gasteiger partial charge in [0.15, 0.2) is 5.65 Å². The lowest BCUT2D eigenvalue weighted by Crippen LogP contribution is -2.07. The maximum Gasteiger partial charge on any atom is 0.339 e. The van der Waals surface area contributed by atoms with Crippen molar-refractivity contribution in [3.63, 3.8) is 0 Å². The third-order valence-corrected chi connectivity index (χ3v) is 2.86. The van der Waals surface area contributed by atoms with E-state index in [-0.39, 0.29) is 0 Å². The van der Waals surface area contributed by atoms with Gasteiger partial charge in [-0.3, -0.25) is 4.57 Å². The highest BCUT2D eigenvalue weighted by molar-refractivity contribution is 5.92. The van der Waals surface area contributed by atoms with Crippen LogP contribution in [-0.2, 0) is 16.0 Å². The number of aromatic nitrogens is 3. The fourth-order valence-corrected chi connectivity index (χ4v) is 1.94. The maximum atomic E-state index is 11.6. The Kier molecular flexibility index (Phi) is 4.52. The first-order chi connectivity index (χ1) is 9.67. The largest absolute Gasteiger partial charge is 0.462 e. The van der Waals surface area contributed by atoms with Crippen molar-refractivity contribution >= 4 is 23.1 Å². The molecule has 0 aliphatic carbocycles. The van der Waals surface area contributed by atoms with E-state index in [2.05, 4.69) is 9.97 Å². The summed E-state index contributed by atoms with van der Waals surface area (Å²) in [6.45, 7) is 3.39. The summed E-state index contributed by atoms with van der Waals surface area (Å²) in [5.41, 5.74) is 7.50. The van der Waals surface area contributed by atoms with Crippen molar-refractivity contribution in [2.75, 3.05) is 26.1 Å². The summed E-state index contributed by atoms with van der Waals surface area (Å²) >= 11 is 0. The Hall–Kier alpha value is -2.15. The van der Waals surface area contributed by atoms with Crippen LogP contribution in [0.4, 0.5) is 5.95 Å². The van der Waals surface area contributed by atoms with Crippen LogP contribution in [0.5, 0.6) is 0 Å². The number of carbonyl (C=O) groups is 1. The minimum atomic E-state index is -0.408. The second-order valence-electron chi connectivity index (χ2n) is 4.26. The maximum absolute atomic E-state index is 11.6. The number of fused-ring (bicyclic) bond motifs is 1. The van der Waals surface area contributed by atoms with Gasteiger partial charge in [0.05, 0.1) is 12.2 Å². The zero-order valence-corrected chi connectivity index (χ0v) is 11.6. The molecule has 108 valence electrons. The van der Waals surface area contributed by atoms with Crippen LogP contribution in [0.1, 0.15) is 23.7 Å². The lowest BCUT2D eigenvalue weighted by Gasteiger charge is -2.05. The fourth-order valence-electron chi connectivity index (χ4n) is 1.94. The van der Waals surface area contributed by atoms with E-state index in [0.717, 1.165) is 6.42 Å². The molecule has 0 fully saturated rings. The lowest BCUT2D eigenvalue weighted by molar-refractivity contribution is 0.0526. The van der Waals surface area contributed by atoms with Crippen molar-refractivity contribution < 1.29 is 14.3 Å². The van der Waals surface area contributed by atoms with Gasteiger partial charge in [-0.1, -0.05) is 0 Å². The number of ether oxygens (including phenoxy) is 2. The molecular weight excluding hydrogens is 260 g/mol. The van der Waals surface area contributed by atoms with Crippen molar-refractivity contribution in [3.05, 3.63) is 17.8 Å². The summed E-state index contributed by atoms with van der Waals surface area (Å²) < 4.78 is 11.8. The highest BCUT2D eigenvalue weighted by Gasteiger charge is 2.13. The van der Waals surface area contributed by atoms with E-state index in [4.69, 9.17) is 15.2 Å². The van der Waals surface area contributed by atoms with Crippen molar-refractivity contribution in [1.82, 2.24) is 14.5 Å². The van der Waals surface area contributed by atoms with Crippen molar-refractivity contribution in [2.45, 2.75) is 19.9 Å². The molecule has 2 aromatic heterocycles. The lowest BCUT2D eigenvalue weighted by atomic mass is 10.3. The Morgan fingerprint density at radius 1 is 1.50 bits per heavy atom. The molecule has 0 unspecified atom stereocenters. The zero-order chi connectivity index (χ0) is 14.5. The van der Waals surface area contributed by atoms with Crippen LogP contribution in [0.3, 0.4) is 0 Å². The van der Waals surface area contributed by atoms with Gasteiger partial charge in [0.1, 0.15) is 5.52 Å². The Balaban J connectivity index is 2.29. The molecule has 2 rings (SSSR count). The van der Waals surface area contributed by atoms with Gasteiger partial charge >= 0.3 is 5.97 Å². The van der Waals surface area contributed by atoms with Gasteiger partial charge < -0.3 is 15.2 Å². The number of nitrogens with zero attached hydrogens (tertiary/aromatic N) is 3. The normalized spacial score (nSPS) is 10.9. The summed E-state index contributed by atoms with van der Waals surface area (Å²) in [5.74, 6) is -0.0287.